The smallest absolute Gasteiger partial charge is 0.328 e. The van der Waals surface area contributed by atoms with Crippen molar-refractivity contribution in [3.8, 4) is 0 Å². The second-order valence-corrected chi connectivity index (χ2v) is 7.74. The van der Waals surface area contributed by atoms with E-state index in [1.807, 2.05) is 0 Å². The van der Waals surface area contributed by atoms with Crippen molar-refractivity contribution in [2.45, 2.75) is 53.1 Å². The summed E-state index contributed by atoms with van der Waals surface area (Å²) in [5.74, 6) is -1.78. The molecule has 1 aliphatic rings. The fourth-order valence-corrected chi connectivity index (χ4v) is 3.32. The Bertz CT molecular complexity index is 649. The molecule has 156 valence electrons. The number of carboxylic acids is 2. The quantitative estimate of drug-likeness (QED) is 0.620. The highest BCUT2D eigenvalue weighted by Crippen LogP contribution is 2.20. The molecule has 28 heavy (non-hydrogen) atoms. The van der Waals surface area contributed by atoms with Gasteiger partial charge in [0.15, 0.2) is 0 Å². The molecule has 6 heteroatoms. The van der Waals surface area contributed by atoms with Gasteiger partial charge in [-0.25, -0.2) is 9.59 Å². The van der Waals surface area contributed by atoms with E-state index in [0.29, 0.717) is 12.2 Å². The minimum atomic E-state index is -1.26. The van der Waals surface area contributed by atoms with Crippen LogP contribution in [-0.4, -0.2) is 52.7 Å². The number of aliphatic carboxylic acids is 2. The predicted molar refractivity (Wildman–Crippen MR) is 111 cm³/mol. The Labute approximate surface area is 168 Å². The second kappa shape index (κ2) is 12.3. The van der Waals surface area contributed by atoms with Crippen LogP contribution in [0.5, 0.6) is 0 Å². The van der Waals surface area contributed by atoms with Crippen molar-refractivity contribution < 1.29 is 19.8 Å². The van der Waals surface area contributed by atoms with Crippen molar-refractivity contribution >= 4 is 11.9 Å². The maximum atomic E-state index is 9.55. The Morgan fingerprint density at radius 3 is 2.21 bits per heavy atom. The zero-order valence-electron chi connectivity index (χ0n) is 17.4. The van der Waals surface area contributed by atoms with E-state index in [0.717, 1.165) is 18.5 Å². The van der Waals surface area contributed by atoms with Crippen molar-refractivity contribution in [3.63, 3.8) is 0 Å². The van der Waals surface area contributed by atoms with Gasteiger partial charge < -0.3 is 15.5 Å². The minimum absolute atomic E-state index is 0.558. The third kappa shape index (κ3) is 9.67. The SMILES string of the molecule is Cc1ccc(C)c(CN(CC(C)C)C2CCNCC2)c1.O=C(O)/C=C/C(=O)O. The van der Waals surface area contributed by atoms with Crippen LogP contribution in [0, 0.1) is 19.8 Å². The third-order valence-corrected chi connectivity index (χ3v) is 4.67. The van der Waals surface area contributed by atoms with Crippen LogP contribution >= 0.6 is 0 Å². The number of hydrogen-bond acceptors (Lipinski definition) is 4. The topological polar surface area (TPSA) is 89.9 Å². The van der Waals surface area contributed by atoms with Crippen molar-refractivity contribution in [2.24, 2.45) is 5.92 Å². The van der Waals surface area contributed by atoms with Crippen molar-refractivity contribution in [1.29, 1.82) is 0 Å². The molecule has 0 unspecified atom stereocenters. The molecule has 0 saturated carbocycles. The van der Waals surface area contributed by atoms with E-state index in [9.17, 15) is 9.59 Å². The van der Waals surface area contributed by atoms with Crippen LogP contribution in [0.2, 0.25) is 0 Å². The van der Waals surface area contributed by atoms with E-state index in [1.54, 1.807) is 0 Å². The first-order chi connectivity index (χ1) is 13.2. The maximum absolute atomic E-state index is 9.55. The number of benzene rings is 1. The number of rotatable bonds is 7. The molecule has 1 aromatic rings. The van der Waals surface area contributed by atoms with Gasteiger partial charge in [-0.05, 0) is 56.8 Å². The van der Waals surface area contributed by atoms with Gasteiger partial charge in [0.25, 0.3) is 0 Å². The van der Waals surface area contributed by atoms with Crippen molar-refractivity contribution in [1.82, 2.24) is 10.2 Å². The van der Waals surface area contributed by atoms with Gasteiger partial charge in [-0.1, -0.05) is 37.6 Å². The first kappa shape index (κ1) is 23.9. The van der Waals surface area contributed by atoms with E-state index in [1.165, 1.54) is 49.2 Å². The molecule has 1 fully saturated rings. The van der Waals surface area contributed by atoms with E-state index in [4.69, 9.17) is 10.2 Å². The lowest BCUT2D eigenvalue weighted by Crippen LogP contribution is -2.44. The van der Waals surface area contributed by atoms with Gasteiger partial charge in [0, 0.05) is 31.3 Å². The highest BCUT2D eigenvalue weighted by Gasteiger charge is 2.22. The Morgan fingerprint density at radius 2 is 1.71 bits per heavy atom. The lowest BCUT2D eigenvalue weighted by Gasteiger charge is -2.36. The lowest BCUT2D eigenvalue weighted by molar-refractivity contribution is -0.134. The average Bonchev–Trinajstić information content (AvgIpc) is 2.63. The highest BCUT2D eigenvalue weighted by molar-refractivity contribution is 5.89. The highest BCUT2D eigenvalue weighted by atomic mass is 16.4. The van der Waals surface area contributed by atoms with Crippen molar-refractivity contribution in [2.75, 3.05) is 19.6 Å². The van der Waals surface area contributed by atoms with Crippen LogP contribution in [0.1, 0.15) is 43.4 Å². The number of aryl methyl sites for hydroxylation is 2. The van der Waals surface area contributed by atoms with Crippen LogP contribution < -0.4 is 5.32 Å². The molecule has 1 heterocycles. The number of nitrogens with zero attached hydrogens (tertiary/aromatic N) is 1. The Morgan fingerprint density at radius 1 is 1.14 bits per heavy atom. The molecule has 1 saturated heterocycles. The van der Waals surface area contributed by atoms with Crippen LogP contribution in [0.15, 0.2) is 30.4 Å². The van der Waals surface area contributed by atoms with Crippen molar-refractivity contribution in [3.05, 3.63) is 47.0 Å². The van der Waals surface area contributed by atoms with Gasteiger partial charge in [0.1, 0.15) is 0 Å². The van der Waals surface area contributed by atoms with Gasteiger partial charge in [0.2, 0.25) is 0 Å². The summed E-state index contributed by atoms with van der Waals surface area (Å²) in [7, 11) is 0. The van der Waals surface area contributed by atoms with E-state index in [2.05, 4.69) is 56.1 Å². The van der Waals surface area contributed by atoms with Gasteiger partial charge >= 0.3 is 11.9 Å². The first-order valence-electron chi connectivity index (χ1n) is 9.83. The molecule has 0 radical (unpaired) electrons. The number of carboxylic acid groups (broad SMARTS) is 2. The Balaban J connectivity index is 0.000000416. The molecule has 2 rings (SSSR count). The van der Waals surface area contributed by atoms with Crippen LogP contribution in [0.3, 0.4) is 0 Å². The molecule has 6 nitrogen and oxygen atoms in total. The van der Waals surface area contributed by atoms with Gasteiger partial charge in [-0.3, -0.25) is 4.90 Å². The molecular weight excluding hydrogens is 356 g/mol. The summed E-state index contributed by atoms with van der Waals surface area (Å²) in [5.41, 5.74) is 4.31. The number of piperidine rings is 1. The van der Waals surface area contributed by atoms with Gasteiger partial charge in [-0.15, -0.1) is 0 Å². The monoisotopic (exact) mass is 390 g/mol. The zero-order chi connectivity index (χ0) is 21.1. The molecule has 0 amide bonds. The summed E-state index contributed by atoms with van der Waals surface area (Å²) in [5, 5.41) is 19.1. The predicted octanol–water partition coefficient (Wildman–Crippen LogP) is 3.23. The standard InChI is InChI=1S/C18H30N2.C4H4O4/c1-14(2)12-20(18-7-9-19-10-8-18)13-17-11-15(3)5-6-16(17)4;5-3(6)1-2-4(7)8/h5-6,11,14,18-19H,7-10,12-13H2,1-4H3;1-2H,(H,5,6)(H,7,8)/b;2-1+. The molecule has 1 aromatic carbocycles. The minimum Gasteiger partial charge on any atom is -0.478 e. The summed E-state index contributed by atoms with van der Waals surface area (Å²) in [6.07, 6.45) is 3.69. The number of nitrogens with one attached hydrogen (secondary N) is 1. The summed E-state index contributed by atoms with van der Waals surface area (Å²) in [6.45, 7) is 13.8. The third-order valence-electron chi connectivity index (χ3n) is 4.67. The molecule has 1 aliphatic heterocycles. The Hall–Kier alpha value is -2.18. The molecule has 0 aromatic heterocycles. The summed E-state index contributed by atoms with van der Waals surface area (Å²) >= 11 is 0. The summed E-state index contributed by atoms with van der Waals surface area (Å²) < 4.78 is 0. The zero-order valence-corrected chi connectivity index (χ0v) is 17.4. The van der Waals surface area contributed by atoms with Crippen LogP contribution in [-0.2, 0) is 16.1 Å². The normalized spacial score (nSPS) is 14.9. The van der Waals surface area contributed by atoms with E-state index >= 15 is 0 Å². The molecule has 0 atom stereocenters. The fourth-order valence-electron chi connectivity index (χ4n) is 3.32. The Kier molecular flexibility index (Phi) is 10.5. The molecule has 0 spiro atoms. The average molecular weight is 391 g/mol. The lowest BCUT2D eigenvalue weighted by atomic mass is 10.00. The van der Waals surface area contributed by atoms with E-state index < -0.39 is 11.9 Å². The largest absolute Gasteiger partial charge is 0.478 e. The first-order valence-corrected chi connectivity index (χ1v) is 9.83. The molecule has 0 aliphatic carbocycles. The van der Waals surface area contributed by atoms with E-state index in [-0.39, 0.29) is 0 Å². The van der Waals surface area contributed by atoms with Gasteiger partial charge in [-0.2, -0.15) is 0 Å². The number of carbonyl (C=O) groups is 2. The molecular formula is C22H34N2O4. The van der Waals surface area contributed by atoms with Crippen LogP contribution in [0.25, 0.3) is 0 Å². The summed E-state index contributed by atoms with van der Waals surface area (Å²) in [4.78, 5) is 21.8. The van der Waals surface area contributed by atoms with Gasteiger partial charge in [0.05, 0.1) is 0 Å². The fraction of sp³-hybridized carbons (Fsp3) is 0.545. The number of hydrogen-bond donors (Lipinski definition) is 3. The molecule has 0 bridgehead atoms. The maximum Gasteiger partial charge on any atom is 0.328 e. The van der Waals surface area contributed by atoms with Crippen LogP contribution in [0.4, 0.5) is 0 Å². The molecule has 3 N–H and O–H groups in total. The second-order valence-electron chi connectivity index (χ2n) is 7.74. The summed E-state index contributed by atoms with van der Waals surface area (Å²) in [6, 6.07) is 7.60.